The molecule has 2 rings (SSSR count). The number of sulfonamides is 1. The van der Waals surface area contributed by atoms with Crippen LogP contribution >= 0.6 is 0 Å². The molecule has 0 amide bonds. The highest BCUT2D eigenvalue weighted by Crippen LogP contribution is 2.15. The van der Waals surface area contributed by atoms with E-state index in [-0.39, 0.29) is 16.6 Å². The predicted octanol–water partition coefficient (Wildman–Crippen LogP) is 2.63. The van der Waals surface area contributed by atoms with Gasteiger partial charge in [-0.3, -0.25) is 0 Å². The minimum absolute atomic E-state index is 0.236. The Bertz CT molecular complexity index is 745. The van der Waals surface area contributed by atoms with E-state index in [1.54, 1.807) is 30.3 Å². The molecular formula is C17H21FN2O2S. The average molecular weight is 336 g/mol. The van der Waals surface area contributed by atoms with Gasteiger partial charge >= 0.3 is 0 Å². The highest BCUT2D eigenvalue weighted by molar-refractivity contribution is 7.89. The molecule has 0 saturated heterocycles. The normalized spacial score (nSPS) is 13.0. The summed E-state index contributed by atoms with van der Waals surface area (Å²) in [7, 11) is -2.03. The molecule has 0 aliphatic heterocycles. The van der Waals surface area contributed by atoms with E-state index in [0.717, 1.165) is 11.1 Å². The first-order chi connectivity index (χ1) is 10.9. The highest BCUT2D eigenvalue weighted by atomic mass is 32.2. The Kier molecular flexibility index (Phi) is 5.87. The Morgan fingerprint density at radius 1 is 1.13 bits per heavy atom. The molecule has 0 aromatic heterocycles. The number of hydrogen-bond acceptors (Lipinski definition) is 3. The number of nitrogens with one attached hydrogen (secondary N) is 2. The van der Waals surface area contributed by atoms with Crippen molar-refractivity contribution >= 4 is 10.0 Å². The summed E-state index contributed by atoms with van der Waals surface area (Å²) in [6.07, 6.45) is 0. The molecule has 0 unspecified atom stereocenters. The van der Waals surface area contributed by atoms with Gasteiger partial charge in [-0.25, -0.2) is 17.5 Å². The Morgan fingerprint density at radius 2 is 1.83 bits per heavy atom. The van der Waals surface area contributed by atoms with Crippen LogP contribution in [0.2, 0.25) is 0 Å². The minimum atomic E-state index is -3.42. The molecule has 4 nitrogen and oxygen atoms in total. The molecule has 0 saturated carbocycles. The van der Waals surface area contributed by atoms with Crippen LogP contribution in [0.1, 0.15) is 24.0 Å². The number of hydrogen-bond donors (Lipinski definition) is 2. The number of rotatable bonds is 7. The van der Waals surface area contributed by atoms with E-state index in [1.165, 1.54) is 19.2 Å². The van der Waals surface area contributed by atoms with Crippen molar-refractivity contribution in [3.63, 3.8) is 0 Å². The van der Waals surface area contributed by atoms with Crippen LogP contribution in [0.5, 0.6) is 0 Å². The first-order valence-electron chi connectivity index (χ1n) is 7.41. The van der Waals surface area contributed by atoms with Gasteiger partial charge in [0.25, 0.3) is 0 Å². The first kappa shape index (κ1) is 17.6. The molecule has 124 valence electrons. The monoisotopic (exact) mass is 336 g/mol. The summed E-state index contributed by atoms with van der Waals surface area (Å²) in [5.41, 5.74) is 1.96. The average Bonchev–Trinajstić information content (AvgIpc) is 2.55. The lowest BCUT2D eigenvalue weighted by Gasteiger charge is -2.13. The van der Waals surface area contributed by atoms with Gasteiger partial charge in [0.2, 0.25) is 10.0 Å². The van der Waals surface area contributed by atoms with Gasteiger partial charge in [-0.1, -0.05) is 31.2 Å². The summed E-state index contributed by atoms with van der Waals surface area (Å²) in [5, 5.41) is 3.30. The van der Waals surface area contributed by atoms with Crippen LogP contribution in [0.25, 0.3) is 0 Å². The van der Waals surface area contributed by atoms with Gasteiger partial charge in [0, 0.05) is 13.1 Å². The third kappa shape index (κ3) is 4.86. The lowest BCUT2D eigenvalue weighted by molar-refractivity contribution is 0.587. The largest absolute Gasteiger partial charge is 0.312 e. The predicted molar refractivity (Wildman–Crippen MR) is 89.2 cm³/mol. The molecule has 0 bridgehead atoms. The molecule has 0 aliphatic rings. The van der Waals surface area contributed by atoms with Crippen LogP contribution in [0.3, 0.4) is 0 Å². The summed E-state index contributed by atoms with van der Waals surface area (Å²) in [6, 6.07) is 13.3. The fraction of sp³-hybridized carbons (Fsp3) is 0.294. The van der Waals surface area contributed by atoms with E-state index in [1.807, 2.05) is 6.07 Å². The minimum Gasteiger partial charge on any atom is -0.312 e. The zero-order valence-electron chi connectivity index (χ0n) is 13.2. The second kappa shape index (κ2) is 7.68. The van der Waals surface area contributed by atoms with Crippen LogP contribution in [0.15, 0.2) is 53.4 Å². The van der Waals surface area contributed by atoms with Crippen molar-refractivity contribution in [3.8, 4) is 0 Å². The third-order valence-corrected chi connectivity index (χ3v) is 5.11. The Morgan fingerprint density at radius 3 is 2.48 bits per heavy atom. The van der Waals surface area contributed by atoms with Gasteiger partial charge in [-0.2, -0.15) is 0 Å². The summed E-state index contributed by atoms with van der Waals surface area (Å²) in [4.78, 5) is 0.255. The van der Waals surface area contributed by atoms with Crippen molar-refractivity contribution in [2.24, 2.45) is 0 Å². The molecule has 6 heteroatoms. The topological polar surface area (TPSA) is 58.2 Å². The zero-order valence-corrected chi connectivity index (χ0v) is 14.0. The fourth-order valence-corrected chi connectivity index (χ4v) is 3.08. The van der Waals surface area contributed by atoms with Gasteiger partial charge in [-0.15, -0.1) is 0 Å². The Balaban J connectivity index is 1.94. The van der Waals surface area contributed by atoms with Crippen LogP contribution in [0, 0.1) is 5.82 Å². The van der Waals surface area contributed by atoms with Gasteiger partial charge in [0.1, 0.15) is 5.82 Å². The van der Waals surface area contributed by atoms with Crippen molar-refractivity contribution in [2.45, 2.75) is 24.3 Å². The van der Waals surface area contributed by atoms with Crippen molar-refractivity contribution in [1.82, 2.24) is 10.0 Å². The molecule has 0 fully saturated rings. The molecule has 0 spiro atoms. The maximum Gasteiger partial charge on any atom is 0.240 e. The zero-order chi connectivity index (χ0) is 16.9. The molecule has 2 aromatic carbocycles. The van der Waals surface area contributed by atoms with E-state index in [0.29, 0.717) is 13.1 Å². The summed E-state index contributed by atoms with van der Waals surface area (Å²) < 4.78 is 38.8. The fourth-order valence-electron chi connectivity index (χ4n) is 2.28. The summed E-state index contributed by atoms with van der Waals surface area (Å²) >= 11 is 0. The van der Waals surface area contributed by atoms with Crippen molar-refractivity contribution in [3.05, 3.63) is 65.5 Å². The SMILES string of the molecule is CNS(=O)(=O)c1cccc(CNC[C@H](C)c2ccc(F)cc2)c1. The van der Waals surface area contributed by atoms with E-state index < -0.39 is 10.0 Å². The van der Waals surface area contributed by atoms with Crippen LogP contribution in [-0.2, 0) is 16.6 Å². The Hall–Kier alpha value is -1.76. The van der Waals surface area contributed by atoms with Crippen LogP contribution in [0.4, 0.5) is 4.39 Å². The summed E-state index contributed by atoms with van der Waals surface area (Å²) in [6.45, 7) is 3.34. The van der Waals surface area contributed by atoms with Gasteiger partial charge in [0.05, 0.1) is 4.90 Å². The Labute approximate surface area is 136 Å². The van der Waals surface area contributed by atoms with E-state index >= 15 is 0 Å². The third-order valence-electron chi connectivity index (χ3n) is 3.70. The van der Waals surface area contributed by atoms with Crippen LogP contribution in [-0.4, -0.2) is 22.0 Å². The second-order valence-electron chi connectivity index (χ2n) is 5.44. The lowest BCUT2D eigenvalue weighted by atomic mass is 10.0. The molecule has 0 aliphatic carbocycles. The van der Waals surface area contributed by atoms with Crippen molar-refractivity contribution in [1.29, 1.82) is 0 Å². The molecule has 23 heavy (non-hydrogen) atoms. The summed E-state index contributed by atoms with van der Waals surface area (Å²) in [5.74, 6) is -0.00343. The first-order valence-corrected chi connectivity index (χ1v) is 8.89. The molecule has 2 aromatic rings. The van der Waals surface area contributed by atoms with E-state index in [4.69, 9.17) is 0 Å². The van der Waals surface area contributed by atoms with E-state index in [2.05, 4.69) is 17.0 Å². The van der Waals surface area contributed by atoms with E-state index in [9.17, 15) is 12.8 Å². The van der Waals surface area contributed by atoms with Gasteiger partial charge in [-0.05, 0) is 48.4 Å². The maximum absolute atomic E-state index is 12.9. The second-order valence-corrected chi connectivity index (χ2v) is 7.32. The molecular weight excluding hydrogens is 315 g/mol. The maximum atomic E-state index is 12.9. The molecule has 0 heterocycles. The van der Waals surface area contributed by atoms with Crippen LogP contribution < -0.4 is 10.0 Å². The van der Waals surface area contributed by atoms with Crippen molar-refractivity contribution < 1.29 is 12.8 Å². The number of halogens is 1. The standard InChI is InChI=1S/C17H21FN2O2S/c1-13(15-6-8-16(18)9-7-15)11-20-12-14-4-3-5-17(10-14)23(21,22)19-2/h3-10,13,19-20H,11-12H2,1-2H3/t13-/m0/s1. The molecule has 2 N–H and O–H groups in total. The highest BCUT2D eigenvalue weighted by Gasteiger charge is 2.11. The molecule has 0 radical (unpaired) electrons. The van der Waals surface area contributed by atoms with Gasteiger partial charge in [0.15, 0.2) is 0 Å². The molecule has 1 atom stereocenters. The number of benzene rings is 2. The lowest BCUT2D eigenvalue weighted by Crippen LogP contribution is -2.21. The quantitative estimate of drug-likeness (QED) is 0.817. The van der Waals surface area contributed by atoms with Crippen molar-refractivity contribution in [2.75, 3.05) is 13.6 Å². The van der Waals surface area contributed by atoms with Gasteiger partial charge < -0.3 is 5.32 Å². The smallest absolute Gasteiger partial charge is 0.240 e.